The predicted molar refractivity (Wildman–Crippen MR) is 66.0 cm³/mol. The molecular weight excluding hydrogens is 180 g/mol. The van der Waals surface area contributed by atoms with E-state index in [0.717, 1.165) is 5.92 Å². The molecular formula is C15H20. The van der Waals surface area contributed by atoms with E-state index in [2.05, 4.69) is 37.8 Å². The lowest BCUT2D eigenvalue weighted by atomic mass is 9.79. The molecule has 0 N–H and O–H groups in total. The number of benzene rings is 1. The number of aryl methyl sites for hydroxylation is 1. The minimum atomic E-state index is 0.736. The summed E-state index contributed by atoms with van der Waals surface area (Å²) in [7, 11) is 0. The van der Waals surface area contributed by atoms with Crippen molar-refractivity contribution in [2.24, 2.45) is 5.92 Å². The average molecular weight is 200 g/mol. The summed E-state index contributed by atoms with van der Waals surface area (Å²) >= 11 is 0. The SMILES string of the molecule is C=C(CCC)C1CCc2ccccc2C1. The third-order valence-electron chi connectivity index (χ3n) is 3.50. The maximum Gasteiger partial charge on any atom is -0.0162 e. The summed E-state index contributed by atoms with van der Waals surface area (Å²) < 4.78 is 0. The Hall–Kier alpha value is -1.04. The quantitative estimate of drug-likeness (QED) is 0.643. The molecule has 1 aliphatic rings. The Morgan fingerprint density at radius 3 is 2.80 bits per heavy atom. The van der Waals surface area contributed by atoms with Gasteiger partial charge in [0.15, 0.2) is 0 Å². The van der Waals surface area contributed by atoms with Crippen LogP contribution < -0.4 is 0 Å². The zero-order valence-electron chi connectivity index (χ0n) is 9.63. The lowest BCUT2D eigenvalue weighted by Crippen LogP contribution is -2.15. The molecule has 0 amide bonds. The lowest BCUT2D eigenvalue weighted by Gasteiger charge is -2.26. The van der Waals surface area contributed by atoms with Gasteiger partial charge in [-0.15, -0.1) is 0 Å². The highest BCUT2D eigenvalue weighted by molar-refractivity contribution is 5.31. The van der Waals surface area contributed by atoms with Gasteiger partial charge in [0, 0.05) is 0 Å². The van der Waals surface area contributed by atoms with Crippen LogP contribution in [0.3, 0.4) is 0 Å². The molecule has 1 atom stereocenters. The smallest absolute Gasteiger partial charge is 0.0162 e. The van der Waals surface area contributed by atoms with Gasteiger partial charge in [0.1, 0.15) is 0 Å². The number of fused-ring (bicyclic) bond motifs is 1. The monoisotopic (exact) mass is 200 g/mol. The van der Waals surface area contributed by atoms with Crippen LogP contribution in [-0.2, 0) is 12.8 Å². The molecule has 1 aromatic rings. The van der Waals surface area contributed by atoms with E-state index in [9.17, 15) is 0 Å². The van der Waals surface area contributed by atoms with Crippen molar-refractivity contribution < 1.29 is 0 Å². The normalized spacial score (nSPS) is 19.7. The van der Waals surface area contributed by atoms with Gasteiger partial charge in [0.2, 0.25) is 0 Å². The Kier molecular flexibility index (Phi) is 3.25. The molecule has 80 valence electrons. The summed E-state index contributed by atoms with van der Waals surface area (Å²) in [6.45, 7) is 6.48. The standard InChI is InChI=1S/C15H20/c1-3-6-12(2)14-10-9-13-7-4-5-8-15(13)11-14/h4-5,7-8,14H,2-3,6,9-11H2,1H3. The molecule has 0 saturated heterocycles. The fourth-order valence-electron chi connectivity index (χ4n) is 2.57. The maximum absolute atomic E-state index is 4.24. The first-order chi connectivity index (χ1) is 7.31. The zero-order chi connectivity index (χ0) is 10.7. The molecule has 0 radical (unpaired) electrons. The van der Waals surface area contributed by atoms with E-state index >= 15 is 0 Å². The van der Waals surface area contributed by atoms with Crippen LogP contribution in [0.4, 0.5) is 0 Å². The second kappa shape index (κ2) is 4.65. The van der Waals surface area contributed by atoms with E-state index in [0.29, 0.717) is 0 Å². The summed E-state index contributed by atoms with van der Waals surface area (Å²) in [6.07, 6.45) is 6.19. The van der Waals surface area contributed by atoms with Gasteiger partial charge in [-0.3, -0.25) is 0 Å². The van der Waals surface area contributed by atoms with E-state index in [-0.39, 0.29) is 0 Å². The first kappa shape index (κ1) is 10.5. The second-order valence-electron chi connectivity index (χ2n) is 4.62. The predicted octanol–water partition coefficient (Wildman–Crippen LogP) is 4.15. The van der Waals surface area contributed by atoms with Crippen LogP contribution in [0.15, 0.2) is 36.4 Å². The zero-order valence-corrected chi connectivity index (χ0v) is 9.63. The highest BCUT2D eigenvalue weighted by Crippen LogP contribution is 2.30. The Labute approximate surface area is 93.0 Å². The Morgan fingerprint density at radius 1 is 1.33 bits per heavy atom. The van der Waals surface area contributed by atoms with Crippen LogP contribution >= 0.6 is 0 Å². The van der Waals surface area contributed by atoms with Crippen LogP contribution in [0.2, 0.25) is 0 Å². The molecule has 1 aromatic carbocycles. The molecule has 1 aliphatic carbocycles. The fourth-order valence-corrected chi connectivity index (χ4v) is 2.57. The van der Waals surface area contributed by atoms with Gasteiger partial charge in [-0.05, 0) is 42.7 Å². The van der Waals surface area contributed by atoms with Crippen LogP contribution in [0, 0.1) is 5.92 Å². The van der Waals surface area contributed by atoms with Crippen molar-refractivity contribution >= 4 is 0 Å². The van der Waals surface area contributed by atoms with Gasteiger partial charge in [-0.1, -0.05) is 49.8 Å². The molecule has 0 heteroatoms. The highest BCUT2D eigenvalue weighted by atomic mass is 14.2. The van der Waals surface area contributed by atoms with Crippen LogP contribution in [0.5, 0.6) is 0 Å². The summed E-state index contributed by atoms with van der Waals surface area (Å²) in [6, 6.07) is 8.86. The molecule has 1 unspecified atom stereocenters. The minimum absolute atomic E-state index is 0.736. The lowest BCUT2D eigenvalue weighted by molar-refractivity contribution is 0.509. The first-order valence-electron chi connectivity index (χ1n) is 6.05. The molecule has 2 rings (SSSR count). The van der Waals surface area contributed by atoms with Gasteiger partial charge < -0.3 is 0 Å². The Morgan fingerprint density at radius 2 is 2.07 bits per heavy atom. The van der Waals surface area contributed by atoms with E-state index < -0.39 is 0 Å². The number of rotatable bonds is 3. The van der Waals surface area contributed by atoms with E-state index in [1.165, 1.54) is 37.7 Å². The van der Waals surface area contributed by atoms with E-state index in [1.807, 2.05) is 0 Å². The Bertz CT molecular complexity index is 349. The third-order valence-corrected chi connectivity index (χ3v) is 3.50. The molecule has 0 bridgehead atoms. The molecule has 0 heterocycles. The van der Waals surface area contributed by atoms with Gasteiger partial charge >= 0.3 is 0 Å². The van der Waals surface area contributed by atoms with Crippen molar-refractivity contribution in [3.63, 3.8) is 0 Å². The van der Waals surface area contributed by atoms with Crippen molar-refractivity contribution in [1.29, 1.82) is 0 Å². The molecule has 15 heavy (non-hydrogen) atoms. The summed E-state index contributed by atoms with van der Waals surface area (Å²) in [4.78, 5) is 0. The number of hydrogen-bond donors (Lipinski definition) is 0. The molecule has 0 spiro atoms. The first-order valence-corrected chi connectivity index (χ1v) is 6.05. The van der Waals surface area contributed by atoms with Crippen LogP contribution in [0.25, 0.3) is 0 Å². The van der Waals surface area contributed by atoms with Crippen molar-refractivity contribution in [2.75, 3.05) is 0 Å². The molecule has 0 saturated carbocycles. The number of allylic oxidation sites excluding steroid dienone is 1. The van der Waals surface area contributed by atoms with Crippen molar-refractivity contribution in [3.8, 4) is 0 Å². The van der Waals surface area contributed by atoms with Gasteiger partial charge in [0.05, 0.1) is 0 Å². The van der Waals surface area contributed by atoms with Gasteiger partial charge in [-0.2, -0.15) is 0 Å². The topological polar surface area (TPSA) is 0 Å². The fraction of sp³-hybridized carbons (Fsp3) is 0.467. The largest absolute Gasteiger partial charge is 0.0996 e. The van der Waals surface area contributed by atoms with Crippen molar-refractivity contribution in [3.05, 3.63) is 47.5 Å². The molecule has 0 fully saturated rings. The maximum atomic E-state index is 4.24. The van der Waals surface area contributed by atoms with Crippen LogP contribution in [0.1, 0.15) is 37.3 Å². The molecule has 0 aromatic heterocycles. The van der Waals surface area contributed by atoms with Crippen LogP contribution in [-0.4, -0.2) is 0 Å². The number of hydrogen-bond acceptors (Lipinski definition) is 0. The van der Waals surface area contributed by atoms with Crippen molar-refractivity contribution in [2.45, 2.75) is 39.0 Å². The minimum Gasteiger partial charge on any atom is -0.0996 e. The average Bonchev–Trinajstić information content (AvgIpc) is 2.29. The summed E-state index contributed by atoms with van der Waals surface area (Å²) in [5.74, 6) is 0.736. The van der Waals surface area contributed by atoms with Gasteiger partial charge in [-0.25, -0.2) is 0 Å². The Balaban J connectivity index is 2.08. The van der Waals surface area contributed by atoms with Gasteiger partial charge in [0.25, 0.3) is 0 Å². The highest BCUT2D eigenvalue weighted by Gasteiger charge is 2.19. The van der Waals surface area contributed by atoms with Crippen molar-refractivity contribution in [1.82, 2.24) is 0 Å². The van der Waals surface area contributed by atoms with E-state index in [4.69, 9.17) is 0 Å². The second-order valence-corrected chi connectivity index (χ2v) is 4.62. The molecule has 0 nitrogen and oxygen atoms in total. The summed E-state index contributed by atoms with van der Waals surface area (Å²) in [5, 5.41) is 0. The summed E-state index contributed by atoms with van der Waals surface area (Å²) in [5.41, 5.74) is 4.57. The molecule has 0 aliphatic heterocycles. The van der Waals surface area contributed by atoms with E-state index in [1.54, 1.807) is 11.1 Å². The third kappa shape index (κ3) is 2.31.